The molecule has 4 atom stereocenters. The Morgan fingerprint density at radius 3 is 2.10 bits per heavy atom. The Bertz CT molecular complexity index is 998. The Kier molecular flexibility index (Phi) is 5.32. The Morgan fingerprint density at radius 1 is 0.871 bits per heavy atom. The van der Waals surface area contributed by atoms with Crippen molar-refractivity contribution in [2.45, 2.75) is 6.42 Å². The molecule has 3 fully saturated rings. The first-order chi connectivity index (χ1) is 14.9. The van der Waals surface area contributed by atoms with Crippen molar-refractivity contribution in [3.8, 4) is 0 Å². The SMILES string of the molecule is O=C1[C@@H]2[C@H](C(=O)N1CCN1CCN(S(=O)(=O)/C=C/c3ccccc3)CC1)[C@@H]1C=C[C@H]2C1. The maximum absolute atomic E-state index is 12.8. The highest BCUT2D eigenvalue weighted by Gasteiger charge is 2.59. The summed E-state index contributed by atoms with van der Waals surface area (Å²) < 4.78 is 26.7. The molecule has 0 unspecified atom stereocenters. The molecule has 0 aromatic heterocycles. The molecule has 1 saturated carbocycles. The molecule has 0 radical (unpaired) electrons. The van der Waals surface area contributed by atoms with Crippen molar-refractivity contribution < 1.29 is 18.0 Å². The molecule has 164 valence electrons. The first-order valence-electron chi connectivity index (χ1n) is 10.9. The number of piperazine rings is 1. The maximum atomic E-state index is 12.8. The summed E-state index contributed by atoms with van der Waals surface area (Å²) in [5.41, 5.74) is 0.845. The van der Waals surface area contributed by atoms with Crippen molar-refractivity contribution >= 4 is 27.9 Å². The van der Waals surface area contributed by atoms with Gasteiger partial charge in [0.05, 0.1) is 11.8 Å². The molecule has 7 nitrogen and oxygen atoms in total. The minimum absolute atomic E-state index is 0.0147. The van der Waals surface area contributed by atoms with Crippen LogP contribution in [-0.4, -0.2) is 73.6 Å². The first-order valence-corrected chi connectivity index (χ1v) is 12.4. The van der Waals surface area contributed by atoms with Crippen LogP contribution >= 0.6 is 0 Å². The molecule has 2 aliphatic heterocycles. The fourth-order valence-electron chi connectivity index (χ4n) is 5.45. The average Bonchev–Trinajstić information content (AvgIpc) is 3.46. The van der Waals surface area contributed by atoms with Gasteiger partial charge in [0, 0.05) is 44.7 Å². The summed E-state index contributed by atoms with van der Waals surface area (Å²) in [5, 5.41) is 1.26. The van der Waals surface area contributed by atoms with Gasteiger partial charge in [0.2, 0.25) is 21.8 Å². The van der Waals surface area contributed by atoms with Crippen LogP contribution in [0.15, 0.2) is 47.9 Å². The zero-order chi connectivity index (χ0) is 21.6. The van der Waals surface area contributed by atoms with Gasteiger partial charge >= 0.3 is 0 Å². The summed E-state index contributed by atoms with van der Waals surface area (Å²) in [6.07, 6.45) is 6.76. The number of sulfonamides is 1. The maximum Gasteiger partial charge on any atom is 0.236 e. The van der Waals surface area contributed by atoms with Gasteiger partial charge in [-0.2, -0.15) is 4.31 Å². The van der Waals surface area contributed by atoms with E-state index in [-0.39, 0.29) is 35.5 Å². The van der Waals surface area contributed by atoms with E-state index in [9.17, 15) is 18.0 Å². The second-order valence-electron chi connectivity index (χ2n) is 8.83. The molecular weight excluding hydrogens is 414 g/mol. The first kappa shape index (κ1) is 20.6. The van der Waals surface area contributed by atoms with Crippen LogP contribution in [0.4, 0.5) is 0 Å². The number of hydrogen-bond donors (Lipinski definition) is 0. The summed E-state index contributed by atoms with van der Waals surface area (Å²) in [6.45, 7) is 2.98. The predicted octanol–water partition coefficient (Wildman–Crippen LogP) is 1.41. The van der Waals surface area contributed by atoms with Gasteiger partial charge in [-0.1, -0.05) is 42.5 Å². The second-order valence-corrected chi connectivity index (χ2v) is 10.6. The molecule has 2 aliphatic carbocycles. The van der Waals surface area contributed by atoms with E-state index in [4.69, 9.17) is 0 Å². The van der Waals surface area contributed by atoms with Crippen molar-refractivity contribution in [2.75, 3.05) is 39.3 Å². The Balaban J connectivity index is 1.13. The molecule has 2 bridgehead atoms. The minimum atomic E-state index is -3.47. The monoisotopic (exact) mass is 441 g/mol. The van der Waals surface area contributed by atoms with Gasteiger partial charge < -0.3 is 0 Å². The van der Waals surface area contributed by atoms with E-state index in [0.717, 1.165) is 12.0 Å². The van der Waals surface area contributed by atoms with E-state index in [1.165, 1.54) is 14.6 Å². The fourth-order valence-corrected chi connectivity index (χ4v) is 6.62. The zero-order valence-electron chi connectivity index (χ0n) is 17.3. The summed E-state index contributed by atoms with van der Waals surface area (Å²) >= 11 is 0. The lowest BCUT2D eigenvalue weighted by Crippen LogP contribution is -2.50. The number of benzene rings is 1. The summed E-state index contributed by atoms with van der Waals surface area (Å²) in [6, 6.07) is 9.35. The largest absolute Gasteiger partial charge is 0.299 e. The Morgan fingerprint density at radius 2 is 1.48 bits per heavy atom. The normalized spacial score (nSPS) is 31.3. The molecule has 2 heterocycles. The molecular formula is C23H27N3O4S. The third-order valence-corrected chi connectivity index (χ3v) is 8.69. The van der Waals surface area contributed by atoms with Crippen LogP contribution < -0.4 is 0 Å². The molecule has 0 spiro atoms. The van der Waals surface area contributed by atoms with Crippen molar-refractivity contribution in [3.63, 3.8) is 0 Å². The summed E-state index contributed by atoms with van der Waals surface area (Å²) in [4.78, 5) is 29.2. The van der Waals surface area contributed by atoms with Crippen LogP contribution in [0.2, 0.25) is 0 Å². The lowest BCUT2D eigenvalue weighted by molar-refractivity contribution is -0.140. The van der Waals surface area contributed by atoms with Gasteiger partial charge in [0.1, 0.15) is 0 Å². The summed E-state index contributed by atoms with van der Waals surface area (Å²) in [7, 11) is -3.47. The van der Waals surface area contributed by atoms with E-state index < -0.39 is 10.0 Å². The van der Waals surface area contributed by atoms with Gasteiger partial charge in [-0.25, -0.2) is 8.42 Å². The highest BCUT2D eigenvalue weighted by atomic mass is 32.2. The van der Waals surface area contributed by atoms with Crippen molar-refractivity contribution in [2.24, 2.45) is 23.7 Å². The molecule has 8 heteroatoms. The lowest BCUT2D eigenvalue weighted by atomic mass is 9.85. The number of nitrogens with zero attached hydrogens (tertiary/aromatic N) is 3. The van der Waals surface area contributed by atoms with Crippen LogP contribution in [-0.2, 0) is 19.6 Å². The topological polar surface area (TPSA) is 78.0 Å². The van der Waals surface area contributed by atoms with E-state index in [1.807, 2.05) is 30.3 Å². The number of amides is 2. The number of carbonyl (C=O) groups excluding carboxylic acids is 2. The number of rotatable bonds is 6. The Labute approximate surface area is 183 Å². The third kappa shape index (κ3) is 3.77. The molecule has 5 rings (SSSR count). The highest BCUT2D eigenvalue weighted by molar-refractivity contribution is 7.92. The number of allylic oxidation sites excluding steroid dienone is 2. The fraction of sp³-hybridized carbons (Fsp3) is 0.478. The molecule has 1 aromatic carbocycles. The van der Waals surface area contributed by atoms with E-state index in [2.05, 4.69) is 17.1 Å². The van der Waals surface area contributed by atoms with Gasteiger partial charge in [-0.05, 0) is 29.9 Å². The third-order valence-electron chi connectivity index (χ3n) is 7.12. The number of hydrogen-bond acceptors (Lipinski definition) is 5. The Hall–Kier alpha value is -2.29. The number of likely N-dealkylation sites (tertiary alicyclic amines) is 1. The number of fused-ring (bicyclic) bond motifs is 5. The van der Waals surface area contributed by atoms with Crippen molar-refractivity contribution in [1.29, 1.82) is 0 Å². The highest BCUT2D eigenvalue weighted by Crippen LogP contribution is 2.52. The van der Waals surface area contributed by atoms with Gasteiger partial charge in [-0.3, -0.25) is 19.4 Å². The second kappa shape index (κ2) is 8.00. The van der Waals surface area contributed by atoms with Crippen molar-refractivity contribution in [3.05, 3.63) is 53.5 Å². The predicted molar refractivity (Wildman–Crippen MR) is 117 cm³/mol. The zero-order valence-corrected chi connectivity index (χ0v) is 18.2. The average molecular weight is 442 g/mol. The standard InChI is InChI=1S/C23H27N3O4S/c27-22-20-18-6-7-19(16-18)21(20)23(28)26(22)14-11-24-9-12-25(13-10-24)31(29,30)15-8-17-4-2-1-3-5-17/h1-8,15,18-21H,9-14,16H2/b15-8+/t18-,19+,20-,21+. The molecule has 2 amide bonds. The van der Waals surface area contributed by atoms with E-state index in [0.29, 0.717) is 39.3 Å². The molecule has 2 saturated heterocycles. The summed E-state index contributed by atoms with van der Waals surface area (Å²) in [5.74, 6) is 0.128. The van der Waals surface area contributed by atoms with Crippen LogP contribution in [0.5, 0.6) is 0 Å². The van der Waals surface area contributed by atoms with Crippen LogP contribution in [0, 0.1) is 23.7 Å². The van der Waals surface area contributed by atoms with Gasteiger partial charge in [-0.15, -0.1) is 0 Å². The lowest BCUT2D eigenvalue weighted by Gasteiger charge is -2.34. The van der Waals surface area contributed by atoms with Crippen molar-refractivity contribution in [1.82, 2.24) is 14.1 Å². The molecule has 1 aromatic rings. The smallest absolute Gasteiger partial charge is 0.236 e. The van der Waals surface area contributed by atoms with Crippen LogP contribution in [0.25, 0.3) is 6.08 Å². The number of carbonyl (C=O) groups is 2. The minimum Gasteiger partial charge on any atom is -0.299 e. The number of imide groups is 1. The van der Waals surface area contributed by atoms with E-state index in [1.54, 1.807) is 6.08 Å². The van der Waals surface area contributed by atoms with Crippen LogP contribution in [0.3, 0.4) is 0 Å². The quantitative estimate of drug-likeness (QED) is 0.493. The molecule has 4 aliphatic rings. The molecule has 31 heavy (non-hydrogen) atoms. The molecule has 0 N–H and O–H groups in total. The van der Waals surface area contributed by atoms with Gasteiger partial charge in [0.15, 0.2) is 0 Å². The van der Waals surface area contributed by atoms with Gasteiger partial charge in [0.25, 0.3) is 0 Å². The van der Waals surface area contributed by atoms with E-state index >= 15 is 0 Å². The van der Waals surface area contributed by atoms with Crippen LogP contribution in [0.1, 0.15) is 12.0 Å².